The highest BCUT2D eigenvalue weighted by Crippen LogP contribution is 2.36. The summed E-state index contributed by atoms with van der Waals surface area (Å²) in [6, 6.07) is 3.62. The van der Waals surface area contributed by atoms with Crippen LogP contribution in [0.1, 0.15) is 20.8 Å². The Bertz CT molecular complexity index is 463. The van der Waals surface area contributed by atoms with E-state index < -0.39 is 8.32 Å². The smallest absolute Gasteiger partial charge is 0.264 e. The van der Waals surface area contributed by atoms with Crippen LogP contribution in [0.25, 0.3) is 0 Å². The number of halogens is 1. The van der Waals surface area contributed by atoms with Gasteiger partial charge in [-0.2, -0.15) is 0 Å². The van der Waals surface area contributed by atoms with Crippen molar-refractivity contribution in [3.63, 3.8) is 0 Å². The molecule has 1 heterocycles. The van der Waals surface area contributed by atoms with E-state index in [4.69, 9.17) is 4.43 Å². The molecule has 0 spiro atoms. The van der Waals surface area contributed by atoms with Crippen molar-refractivity contribution in [2.45, 2.75) is 45.4 Å². The predicted octanol–water partition coefficient (Wildman–Crippen LogP) is 3.63. The Balaban J connectivity index is 2.63. The molecule has 5 heteroatoms. The van der Waals surface area contributed by atoms with Crippen LogP contribution in [0.5, 0.6) is 0 Å². The van der Waals surface area contributed by atoms with Crippen molar-refractivity contribution in [2.75, 3.05) is 6.61 Å². The van der Waals surface area contributed by atoms with Gasteiger partial charge in [0.05, 0.1) is 11.1 Å². The number of nitrogens with zero attached hydrogens (tertiary/aromatic N) is 1. The van der Waals surface area contributed by atoms with Gasteiger partial charge in [-0.25, -0.2) is 0 Å². The number of hydrogen-bond donors (Lipinski definition) is 0. The Hall–Kier alpha value is -0.393. The molecule has 0 aromatic carbocycles. The molecule has 0 N–H and O–H groups in total. The number of rotatable bonds is 4. The van der Waals surface area contributed by atoms with Crippen LogP contribution in [-0.4, -0.2) is 19.5 Å². The van der Waals surface area contributed by atoms with E-state index in [9.17, 15) is 4.79 Å². The molecule has 0 fully saturated rings. The summed E-state index contributed by atoms with van der Waals surface area (Å²) in [4.78, 5) is 11.8. The lowest BCUT2D eigenvalue weighted by Gasteiger charge is -2.36. The van der Waals surface area contributed by atoms with Crippen LogP contribution in [0.3, 0.4) is 0 Å². The molecule has 0 bridgehead atoms. The van der Waals surface area contributed by atoms with E-state index in [0.717, 1.165) is 0 Å². The van der Waals surface area contributed by atoms with Gasteiger partial charge in [-0.1, -0.05) is 20.8 Å². The molecule has 1 aromatic rings. The highest BCUT2D eigenvalue weighted by Gasteiger charge is 2.36. The largest absolute Gasteiger partial charge is 0.415 e. The molecule has 0 atom stereocenters. The topological polar surface area (TPSA) is 31.2 Å². The summed E-state index contributed by atoms with van der Waals surface area (Å²) in [6.45, 7) is 12.3. The highest BCUT2D eigenvalue weighted by atomic mass is 79.9. The second-order valence-corrected chi connectivity index (χ2v) is 11.6. The first-order valence-corrected chi connectivity index (χ1v) is 9.84. The van der Waals surface area contributed by atoms with Gasteiger partial charge in [0.25, 0.3) is 5.56 Å². The van der Waals surface area contributed by atoms with Gasteiger partial charge in [-0.3, -0.25) is 4.79 Å². The normalized spacial score (nSPS) is 12.8. The third-order valence-electron chi connectivity index (χ3n) is 3.58. The molecule has 0 aliphatic heterocycles. The number of hydrogen-bond acceptors (Lipinski definition) is 2. The van der Waals surface area contributed by atoms with Crippen molar-refractivity contribution >= 4 is 24.2 Å². The highest BCUT2D eigenvalue weighted by molar-refractivity contribution is 9.10. The standard InChI is InChI=1S/C13H22BrNO2Si/c1-13(2,3)18(4,5)17-10-9-15-8-6-7-11(14)12(15)16/h6-8H,9-10H2,1-5H3. The van der Waals surface area contributed by atoms with Crippen molar-refractivity contribution in [2.24, 2.45) is 0 Å². The summed E-state index contributed by atoms with van der Waals surface area (Å²) in [5.74, 6) is 0. The van der Waals surface area contributed by atoms with Crippen molar-refractivity contribution in [3.8, 4) is 0 Å². The molecule has 0 saturated heterocycles. The maximum absolute atomic E-state index is 11.8. The molecular formula is C13H22BrNO2Si. The Morgan fingerprint density at radius 1 is 1.39 bits per heavy atom. The fourth-order valence-electron chi connectivity index (χ4n) is 1.30. The van der Waals surface area contributed by atoms with Crippen LogP contribution in [0, 0.1) is 0 Å². The minimum absolute atomic E-state index is 0.00340. The zero-order chi connectivity index (χ0) is 14.0. The van der Waals surface area contributed by atoms with Gasteiger partial charge in [-0.05, 0) is 46.2 Å². The SMILES string of the molecule is CC(C)(C)[Si](C)(C)OCCn1cccc(Br)c1=O. The fraction of sp³-hybridized carbons (Fsp3) is 0.615. The van der Waals surface area contributed by atoms with Crippen LogP contribution in [0.4, 0.5) is 0 Å². The molecule has 0 radical (unpaired) electrons. The van der Waals surface area contributed by atoms with E-state index in [-0.39, 0.29) is 10.6 Å². The fourth-order valence-corrected chi connectivity index (χ4v) is 2.71. The first-order valence-electron chi connectivity index (χ1n) is 6.14. The minimum atomic E-state index is -1.72. The third kappa shape index (κ3) is 3.80. The molecule has 0 aliphatic carbocycles. The van der Waals surface area contributed by atoms with Crippen molar-refractivity contribution < 1.29 is 4.43 Å². The Morgan fingerprint density at radius 2 is 2.00 bits per heavy atom. The molecule has 1 rings (SSSR count). The zero-order valence-electron chi connectivity index (χ0n) is 11.8. The number of aromatic nitrogens is 1. The van der Waals surface area contributed by atoms with Gasteiger partial charge in [0.1, 0.15) is 0 Å². The van der Waals surface area contributed by atoms with E-state index in [2.05, 4.69) is 49.8 Å². The average Bonchev–Trinajstić information content (AvgIpc) is 2.22. The van der Waals surface area contributed by atoms with E-state index in [1.165, 1.54) is 0 Å². The quantitative estimate of drug-likeness (QED) is 0.789. The van der Waals surface area contributed by atoms with Crippen LogP contribution in [-0.2, 0) is 11.0 Å². The minimum Gasteiger partial charge on any atom is -0.415 e. The van der Waals surface area contributed by atoms with Gasteiger partial charge in [0.2, 0.25) is 0 Å². The maximum Gasteiger partial charge on any atom is 0.264 e. The van der Waals surface area contributed by atoms with E-state index in [1.807, 2.05) is 6.07 Å². The molecule has 1 aromatic heterocycles. The Labute approximate surface area is 118 Å². The van der Waals surface area contributed by atoms with E-state index in [1.54, 1.807) is 16.8 Å². The molecule has 3 nitrogen and oxygen atoms in total. The third-order valence-corrected chi connectivity index (χ3v) is 8.72. The summed E-state index contributed by atoms with van der Waals surface area (Å²) in [5, 5.41) is 0.204. The Morgan fingerprint density at radius 3 is 2.56 bits per heavy atom. The monoisotopic (exact) mass is 331 g/mol. The van der Waals surface area contributed by atoms with E-state index in [0.29, 0.717) is 17.6 Å². The maximum atomic E-state index is 11.8. The van der Waals surface area contributed by atoms with Crippen LogP contribution in [0.15, 0.2) is 27.6 Å². The zero-order valence-corrected chi connectivity index (χ0v) is 14.4. The van der Waals surface area contributed by atoms with Crippen molar-refractivity contribution in [3.05, 3.63) is 33.2 Å². The summed E-state index contributed by atoms with van der Waals surface area (Å²) < 4.78 is 8.33. The van der Waals surface area contributed by atoms with Crippen LogP contribution < -0.4 is 5.56 Å². The van der Waals surface area contributed by atoms with Crippen LogP contribution in [0.2, 0.25) is 18.1 Å². The van der Waals surface area contributed by atoms with Gasteiger partial charge in [0, 0.05) is 12.7 Å². The molecule has 0 amide bonds. The first kappa shape index (κ1) is 15.7. The lowest BCUT2D eigenvalue weighted by Crippen LogP contribution is -2.41. The first-order chi connectivity index (χ1) is 8.15. The molecule has 0 saturated carbocycles. The molecule has 0 aliphatic rings. The average molecular weight is 332 g/mol. The van der Waals surface area contributed by atoms with Gasteiger partial charge in [-0.15, -0.1) is 0 Å². The summed E-state index contributed by atoms with van der Waals surface area (Å²) in [5.41, 5.74) is -0.00340. The van der Waals surface area contributed by atoms with Gasteiger partial charge in [0.15, 0.2) is 8.32 Å². The molecular weight excluding hydrogens is 310 g/mol. The lowest BCUT2D eigenvalue weighted by molar-refractivity contribution is 0.270. The van der Waals surface area contributed by atoms with Crippen LogP contribution >= 0.6 is 15.9 Å². The van der Waals surface area contributed by atoms with Crippen molar-refractivity contribution in [1.29, 1.82) is 0 Å². The lowest BCUT2D eigenvalue weighted by atomic mass is 10.2. The second kappa shape index (κ2) is 5.71. The predicted molar refractivity (Wildman–Crippen MR) is 81.6 cm³/mol. The van der Waals surface area contributed by atoms with Gasteiger partial charge < -0.3 is 8.99 Å². The molecule has 0 unspecified atom stereocenters. The van der Waals surface area contributed by atoms with E-state index >= 15 is 0 Å². The van der Waals surface area contributed by atoms with Crippen molar-refractivity contribution in [1.82, 2.24) is 4.57 Å². The van der Waals surface area contributed by atoms with Gasteiger partial charge >= 0.3 is 0 Å². The second-order valence-electron chi connectivity index (χ2n) is 5.96. The summed E-state index contributed by atoms with van der Waals surface area (Å²) in [6.07, 6.45) is 1.79. The summed E-state index contributed by atoms with van der Waals surface area (Å²) >= 11 is 3.24. The number of pyridine rings is 1. The molecule has 18 heavy (non-hydrogen) atoms. The molecule has 102 valence electrons. The summed E-state index contributed by atoms with van der Waals surface area (Å²) in [7, 11) is -1.72. The Kier molecular flexibility index (Phi) is 4.97.